The van der Waals surface area contributed by atoms with Crippen molar-refractivity contribution in [2.24, 2.45) is 0 Å². The van der Waals surface area contributed by atoms with Gasteiger partial charge in [-0.05, 0) is 19.6 Å². The Hall–Kier alpha value is -0.680. The lowest BCUT2D eigenvalue weighted by molar-refractivity contribution is -0.953. The number of nitrogens with zero attached hydrogens (tertiary/aromatic N) is 2. The normalized spacial score (nSPS) is 19.0. The van der Waals surface area contributed by atoms with E-state index in [1.807, 2.05) is 6.92 Å². The van der Waals surface area contributed by atoms with Crippen LogP contribution < -0.4 is 0 Å². The van der Waals surface area contributed by atoms with Gasteiger partial charge >= 0.3 is 0 Å². The van der Waals surface area contributed by atoms with Crippen LogP contribution in [-0.4, -0.2) is 22.9 Å². The number of quaternary nitrogens is 1. The monoisotopic (exact) mass is 155 g/mol. The van der Waals surface area contributed by atoms with Gasteiger partial charge in [0.1, 0.15) is 6.04 Å². The second-order valence-corrected chi connectivity index (χ2v) is 2.42. The smallest absolute Gasteiger partial charge is 0.116 e. The molecule has 2 unspecified atom stereocenters. The topological polar surface area (TPSA) is 50.8 Å². The first-order valence-corrected chi connectivity index (χ1v) is 3.34. The summed E-state index contributed by atoms with van der Waals surface area (Å²) in [4.78, 5) is 0. The minimum atomic E-state index is -0.399. The molecule has 0 aromatic heterocycles. The predicted molar refractivity (Wildman–Crippen MR) is 46.5 cm³/mol. The molecule has 0 saturated heterocycles. The Morgan fingerprint density at radius 2 is 2.00 bits per heavy atom. The van der Waals surface area contributed by atoms with Crippen molar-refractivity contribution in [2.75, 3.05) is 7.05 Å². The lowest BCUT2D eigenvalue weighted by Crippen LogP contribution is -2.49. The first-order valence-electron chi connectivity index (χ1n) is 3.34. The van der Waals surface area contributed by atoms with E-state index in [2.05, 4.69) is 13.2 Å². The van der Waals surface area contributed by atoms with Crippen molar-refractivity contribution in [3.63, 3.8) is 0 Å². The molecule has 0 aromatic rings. The molecule has 0 rings (SSSR count). The van der Waals surface area contributed by atoms with Gasteiger partial charge in [-0.2, -0.15) is 0 Å². The molecule has 4 heteroatoms. The molecule has 0 radical (unpaired) electrons. The van der Waals surface area contributed by atoms with Crippen molar-refractivity contribution in [3.8, 4) is 0 Å². The van der Waals surface area contributed by atoms with Gasteiger partial charge in [-0.3, -0.25) is 9.82 Å². The van der Waals surface area contributed by atoms with Crippen LogP contribution in [0.3, 0.4) is 0 Å². The third kappa shape index (κ3) is 1.87. The van der Waals surface area contributed by atoms with Crippen molar-refractivity contribution in [2.45, 2.75) is 13.0 Å². The van der Waals surface area contributed by atoms with E-state index in [0.29, 0.717) is 0 Å². The molecule has 2 N–H and O–H groups in total. The van der Waals surface area contributed by atoms with Gasteiger partial charge in [0.25, 0.3) is 0 Å². The fraction of sp³-hybridized carbons (Fsp3) is 0.429. The molecule has 0 fully saturated rings. The maximum absolute atomic E-state index is 7.72. The maximum atomic E-state index is 7.72. The summed E-state index contributed by atoms with van der Waals surface area (Å²) >= 11 is 0. The molecule has 2 atom stereocenters. The molecule has 0 saturated carbocycles. The van der Waals surface area contributed by atoms with Crippen LogP contribution in [-0.2, 0) is 0 Å². The van der Waals surface area contributed by atoms with Crippen molar-refractivity contribution < 1.29 is 4.70 Å². The molecule has 0 aliphatic carbocycles. The zero-order valence-electron chi connectivity index (χ0n) is 7.04. The highest BCUT2D eigenvalue weighted by Crippen LogP contribution is 2.18. The van der Waals surface area contributed by atoms with E-state index < -0.39 is 4.70 Å². The molecule has 0 amide bonds. The van der Waals surface area contributed by atoms with Crippen LogP contribution >= 0.6 is 0 Å². The number of hydrogen-bond donors (Lipinski definition) is 0. The third-order valence-electron chi connectivity index (χ3n) is 1.74. The number of rotatable bonds is 4. The number of nitrogens with one attached hydrogen (secondary N) is 2. The Morgan fingerprint density at radius 1 is 1.55 bits per heavy atom. The summed E-state index contributed by atoms with van der Waals surface area (Å²) in [5, 5.41) is 1.01. The molecule has 0 spiro atoms. The van der Waals surface area contributed by atoms with E-state index in [9.17, 15) is 0 Å². The molecule has 0 aliphatic heterocycles. The maximum Gasteiger partial charge on any atom is 0.116 e. The zero-order valence-corrected chi connectivity index (χ0v) is 7.04. The molecule has 11 heavy (non-hydrogen) atoms. The minimum absolute atomic E-state index is 0.157. The predicted octanol–water partition coefficient (Wildman–Crippen LogP) is 2.30. The van der Waals surface area contributed by atoms with Crippen LogP contribution in [0.25, 0.3) is 11.7 Å². The average Bonchev–Trinajstić information content (AvgIpc) is 2.01. The Morgan fingerprint density at radius 3 is 2.09 bits per heavy atom. The summed E-state index contributed by atoms with van der Waals surface area (Å²) in [6, 6.07) is -0.157. The Bertz CT molecular complexity index is 155. The molecule has 64 valence electrons. The third-order valence-corrected chi connectivity index (χ3v) is 1.74. The number of hydrogen-bond acceptors (Lipinski definition) is 1. The second-order valence-electron chi connectivity index (χ2n) is 2.42. The van der Waals surface area contributed by atoms with Crippen molar-refractivity contribution in [1.82, 2.24) is 5.12 Å². The van der Waals surface area contributed by atoms with Gasteiger partial charge in [0, 0.05) is 7.05 Å². The van der Waals surface area contributed by atoms with E-state index in [1.54, 1.807) is 6.08 Å². The molecule has 0 aromatic carbocycles. The van der Waals surface area contributed by atoms with Gasteiger partial charge in [0.15, 0.2) is 0 Å². The highest BCUT2D eigenvalue weighted by molar-refractivity contribution is 4.79. The van der Waals surface area contributed by atoms with Gasteiger partial charge in [0.05, 0.1) is 6.20 Å². The van der Waals surface area contributed by atoms with E-state index in [4.69, 9.17) is 11.7 Å². The SMILES string of the molecule is C=CC(C)[N+]([NH-])(C=C)N(C)[NH-]. The zero-order chi connectivity index (χ0) is 9.07. The molecule has 4 nitrogen and oxygen atoms in total. The fourth-order valence-electron chi connectivity index (χ4n) is 0.723. The van der Waals surface area contributed by atoms with Crippen molar-refractivity contribution in [1.29, 1.82) is 0 Å². The quantitative estimate of drug-likeness (QED) is 0.349. The highest BCUT2D eigenvalue weighted by Gasteiger charge is 2.17. The van der Waals surface area contributed by atoms with Gasteiger partial charge < -0.3 is 11.7 Å². The summed E-state index contributed by atoms with van der Waals surface area (Å²) in [6.45, 7) is 8.87. The largest absolute Gasteiger partial charge is 0.560 e. The van der Waals surface area contributed by atoms with Gasteiger partial charge in [-0.25, -0.2) is 0 Å². The van der Waals surface area contributed by atoms with Crippen LogP contribution in [0.4, 0.5) is 0 Å². The van der Waals surface area contributed by atoms with Gasteiger partial charge in [-0.1, -0.05) is 6.58 Å². The van der Waals surface area contributed by atoms with Crippen LogP contribution in [0.1, 0.15) is 6.92 Å². The first kappa shape index (κ1) is 10.3. The van der Waals surface area contributed by atoms with E-state index >= 15 is 0 Å². The first-order chi connectivity index (χ1) is 4.99. The summed E-state index contributed by atoms with van der Waals surface area (Å²) in [7, 11) is 1.51. The second kappa shape index (κ2) is 3.64. The highest BCUT2D eigenvalue weighted by atomic mass is 15.9. The lowest BCUT2D eigenvalue weighted by atomic mass is 10.3. The summed E-state index contributed by atoms with van der Waals surface area (Å²) in [6.07, 6.45) is 3.01. The average molecular weight is 155 g/mol. The minimum Gasteiger partial charge on any atom is -0.560 e. The fourth-order valence-corrected chi connectivity index (χ4v) is 0.723. The van der Waals surface area contributed by atoms with Gasteiger partial charge in [0.2, 0.25) is 0 Å². The van der Waals surface area contributed by atoms with Crippen LogP contribution in [0.2, 0.25) is 0 Å². The standard InChI is InChI=1S/C7H15N4/c1-5-7(3)11(9,6-2)10(4)8/h5-9H,1-2H2,3-4H3/q-1. The van der Waals surface area contributed by atoms with Crippen LogP contribution in [0.5, 0.6) is 0 Å². The van der Waals surface area contributed by atoms with Crippen LogP contribution in [0.15, 0.2) is 25.4 Å². The van der Waals surface area contributed by atoms with Crippen LogP contribution in [0, 0.1) is 0 Å². The van der Waals surface area contributed by atoms with Crippen molar-refractivity contribution >= 4 is 0 Å². The Labute approximate surface area is 67.9 Å². The van der Waals surface area contributed by atoms with E-state index in [1.165, 1.54) is 13.2 Å². The lowest BCUT2D eigenvalue weighted by Gasteiger charge is -2.51. The molecular formula is C7H15N4-. The van der Waals surface area contributed by atoms with Gasteiger partial charge in [-0.15, -0.1) is 0 Å². The molecular weight excluding hydrogens is 140 g/mol. The molecule has 0 aliphatic rings. The van der Waals surface area contributed by atoms with E-state index in [0.717, 1.165) is 5.12 Å². The summed E-state index contributed by atoms with van der Waals surface area (Å²) in [5.74, 6) is 15.0. The Kier molecular flexibility index (Phi) is 3.41. The molecule has 0 heterocycles. The molecule has 0 bridgehead atoms. The van der Waals surface area contributed by atoms with E-state index in [-0.39, 0.29) is 6.04 Å². The summed E-state index contributed by atoms with van der Waals surface area (Å²) in [5.41, 5.74) is 0. The van der Waals surface area contributed by atoms with Crippen molar-refractivity contribution in [3.05, 3.63) is 37.1 Å². The Balaban J connectivity index is 4.57. The summed E-state index contributed by atoms with van der Waals surface area (Å²) < 4.78 is -0.399.